The van der Waals surface area contributed by atoms with Crippen molar-refractivity contribution in [1.82, 2.24) is 0 Å². The Labute approximate surface area is 49.3 Å². The first kappa shape index (κ1) is 6.97. The largest absolute Gasteiger partial charge is 0.383 e. The molecule has 0 aromatic heterocycles. The van der Waals surface area contributed by atoms with Crippen molar-refractivity contribution in [3.05, 3.63) is 12.8 Å². The van der Waals surface area contributed by atoms with Crippen molar-refractivity contribution in [2.75, 3.05) is 0 Å². The van der Waals surface area contributed by atoms with E-state index < -0.39 is 8.55 Å². The summed E-state index contributed by atoms with van der Waals surface area (Å²) >= 11 is 2.22. The molecule has 0 amide bonds. The molecule has 0 saturated heterocycles. The van der Waals surface area contributed by atoms with Crippen LogP contribution in [0.25, 0.3) is 0 Å². The van der Waals surface area contributed by atoms with Gasteiger partial charge in [0.25, 0.3) is 0 Å². The molecule has 0 bridgehead atoms. The second-order valence-corrected chi connectivity index (χ2v) is 4.01. The molecule has 0 N–H and O–H groups in total. The molecular formula is C2H3BrO3S. The first-order chi connectivity index (χ1) is 3.06. The van der Waals surface area contributed by atoms with Gasteiger partial charge in [0.2, 0.25) is 0 Å². The fraction of sp³-hybridized carbons (Fsp3) is 0. The molecule has 0 aliphatic carbocycles. The van der Waals surface area contributed by atoms with E-state index in [0.29, 0.717) is 0 Å². The molecule has 7 heavy (non-hydrogen) atoms. The highest BCUT2D eigenvalue weighted by Crippen LogP contribution is 2.00. The standard InChI is InChI=1S/C2H3BrO3S/c1-2-6-7(3,4)5/h2H,1H2. The molecule has 0 atom stereocenters. The Morgan fingerprint density at radius 3 is 2.14 bits per heavy atom. The highest BCUT2D eigenvalue weighted by atomic mass is 79.9. The van der Waals surface area contributed by atoms with Gasteiger partial charge in [-0.2, -0.15) is 8.42 Å². The molecule has 0 aliphatic rings. The van der Waals surface area contributed by atoms with Crippen molar-refractivity contribution in [2.45, 2.75) is 0 Å². The summed E-state index contributed by atoms with van der Waals surface area (Å²) < 4.78 is 23.6. The van der Waals surface area contributed by atoms with Gasteiger partial charge in [-0.1, -0.05) is 6.58 Å². The van der Waals surface area contributed by atoms with Crippen LogP contribution in [0.1, 0.15) is 0 Å². The Bertz CT molecular complexity index is 146. The molecule has 0 aromatic rings. The summed E-state index contributed by atoms with van der Waals surface area (Å²) in [7, 11) is -3.48. The molecule has 0 heterocycles. The molecule has 0 spiro atoms. The Morgan fingerprint density at radius 1 is 1.71 bits per heavy atom. The normalized spacial score (nSPS) is 10.4. The van der Waals surface area contributed by atoms with Crippen LogP contribution in [0.2, 0.25) is 0 Å². The molecule has 0 radical (unpaired) electrons. The minimum absolute atomic E-state index is 0.823. The summed E-state index contributed by atoms with van der Waals surface area (Å²) in [5.74, 6) is 0. The molecule has 0 saturated carbocycles. The van der Waals surface area contributed by atoms with Crippen molar-refractivity contribution in [3.8, 4) is 0 Å². The Hall–Kier alpha value is -0.0300. The molecule has 42 valence electrons. The summed E-state index contributed by atoms with van der Waals surface area (Å²) in [5, 5.41) is 0. The lowest BCUT2D eigenvalue weighted by Crippen LogP contribution is -1.85. The number of hydrogen-bond acceptors (Lipinski definition) is 3. The lowest BCUT2D eigenvalue weighted by atomic mass is 11.2. The van der Waals surface area contributed by atoms with Crippen LogP contribution in [0.3, 0.4) is 0 Å². The average molecular weight is 187 g/mol. The smallest absolute Gasteiger partial charge is 0.371 e. The second kappa shape index (κ2) is 2.32. The van der Waals surface area contributed by atoms with E-state index in [4.69, 9.17) is 0 Å². The maximum atomic E-state index is 9.85. The number of rotatable bonds is 2. The van der Waals surface area contributed by atoms with Crippen molar-refractivity contribution < 1.29 is 12.6 Å². The summed E-state index contributed by atoms with van der Waals surface area (Å²) in [6, 6.07) is 0. The van der Waals surface area contributed by atoms with E-state index in [0.717, 1.165) is 6.26 Å². The third-order valence-corrected chi connectivity index (χ3v) is 1.01. The quantitative estimate of drug-likeness (QED) is 0.474. The molecule has 3 nitrogen and oxygen atoms in total. The topological polar surface area (TPSA) is 43.4 Å². The van der Waals surface area contributed by atoms with Crippen LogP contribution in [-0.4, -0.2) is 8.42 Å². The van der Waals surface area contributed by atoms with Crippen molar-refractivity contribution in [3.63, 3.8) is 0 Å². The van der Waals surface area contributed by atoms with E-state index in [1.165, 1.54) is 0 Å². The maximum absolute atomic E-state index is 9.85. The average Bonchev–Trinajstić information content (AvgIpc) is 1.30. The SMILES string of the molecule is C=COS(=O)(=O)Br. The Balaban J connectivity index is 3.84. The van der Waals surface area contributed by atoms with Crippen LogP contribution in [0.5, 0.6) is 0 Å². The predicted molar refractivity (Wildman–Crippen MR) is 29.1 cm³/mol. The first-order valence-electron chi connectivity index (χ1n) is 1.30. The second-order valence-electron chi connectivity index (χ2n) is 0.656. The minimum atomic E-state index is -3.48. The lowest BCUT2D eigenvalue weighted by Gasteiger charge is -1.86. The highest BCUT2D eigenvalue weighted by Gasteiger charge is 1.96. The van der Waals surface area contributed by atoms with Crippen molar-refractivity contribution >= 4 is 23.4 Å². The number of halogens is 1. The Kier molecular flexibility index (Phi) is 2.31. The van der Waals surface area contributed by atoms with Gasteiger partial charge in [-0.05, 0) is 0 Å². The fourth-order valence-corrected chi connectivity index (χ4v) is 0.568. The summed E-state index contributed by atoms with van der Waals surface area (Å²) in [6.07, 6.45) is 0.823. The van der Waals surface area contributed by atoms with Gasteiger partial charge in [0, 0.05) is 0 Å². The monoisotopic (exact) mass is 186 g/mol. The zero-order valence-electron chi connectivity index (χ0n) is 3.30. The maximum Gasteiger partial charge on any atom is 0.371 e. The molecule has 5 heteroatoms. The van der Waals surface area contributed by atoms with Gasteiger partial charge in [0.15, 0.2) is 0 Å². The van der Waals surface area contributed by atoms with Crippen molar-refractivity contribution in [2.24, 2.45) is 0 Å². The van der Waals surface area contributed by atoms with Crippen LogP contribution in [-0.2, 0) is 12.7 Å². The van der Waals surface area contributed by atoms with Gasteiger partial charge < -0.3 is 4.18 Å². The van der Waals surface area contributed by atoms with Gasteiger partial charge in [0.05, 0.1) is 6.26 Å². The summed E-state index contributed by atoms with van der Waals surface area (Å²) in [4.78, 5) is 0. The summed E-state index contributed by atoms with van der Waals surface area (Å²) in [6.45, 7) is 3.01. The number of hydrogen-bond donors (Lipinski definition) is 0. The predicted octanol–water partition coefficient (Wildman–Crippen LogP) is 0.786. The first-order valence-corrected chi connectivity index (χ1v) is 4.55. The van der Waals surface area contributed by atoms with Gasteiger partial charge in [0.1, 0.15) is 14.8 Å². The van der Waals surface area contributed by atoms with E-state index in [1.807, 2.05) is 0 Å². The third-order valence-electron chi connectivity index (χ3n) is 0.183. The van der Waals surface area contributed by atoms with E-state index in [9.17, 15) is 8.42 Å². The van der Waals surface area contributed by atoms with Crippen LogP contribution in [0.15, 0.2) is 12.8 Å². The van der Waals surface area contributed by atoms with E-state index in [1.54, 1.807) is 0 Å². The molecule has 0 aromatic carbocycles. The minimum Gasteiger partial charge on any atom is -0.383 e. The van der Waals surface area contributed by atoms with Crippen LogP contribution in [0, 0.1) is 0 Å². The van der Waals surface area contributed by atoms with Crippen LogP contribution >= 0.6 is 14.8 Å². The van der Waals surface area contributed by atoms with Crippen LogP contribution < -0.4 is 0 Å². The summed E-state index contributed by atoms with van der Waals surface area (Å²) in [5.41, 5.74) is 0. The highest BCUT2D eigenvalue weighted by molar-refractivity contribution is 9.46. The molecule has 0 aliphatic heterocycles. The van der Waals surface area contributed by atoms with Gasteiger partial charge in [-0.25, -0.2) is 0 Å². The van der Waals surface area contributed by atoms with E-state index in [-0.39, 0.29) is 0 Å². The van der Waals surface area contributed by atoms with Crippen LogP contribution in [0.4, 0.5) is 0 Å². The molecule has 0 unspecified atom stereocenters. The third kappa shape index (κ3) is 5.97. The lowest BCUT2D eigenvalue weighted by molar-refractivity contribution is 0.464. The molecule has 0 fully saturated rings. The van der Waals surface area contributed by atoms with E-state index in [2.05, 4.69) is 25.6 Å². The van der Waals surface area contributed by atoms with Gasteiger partial charge in [-0.15, -0.1) is 0 Å². The molecular weight excluding hydrogens is 184 g/mol. The fourth-order valence-electron chi connectivity index (χ4n) is 0.0813. The Morgan fingerprint density at radius 2 is 2.14 bits per heavy atom. The zero-order valence-corrected chi connectivity index (χ0v) is 5.70. The zero-order chi connectivity index (χ0) is 5.91. The van der Waals surface area contributed by atoms with E-state index >= 15 is 0 Å². The van der Waals surface area contributed by atoms with Crippen molar-refractivity contribution in [1.29, 1.82) is 0 Å². The molecule has 0 rings (SSSR count). The van der Waals surface area contributed by atoms with Gasteiger partial charge in [-0.3, -0.25) is 0 Å². The van der Waals surface area contributed by atoms with Gasteiger partial charge >= 0.3 is 8.55 Å².